The van der Waals surface area contributed by atoms with Crippen LogP contribution in [-0.4, -0.2) is 63.3 Å². The number of rotatable bonds is 7. The van der Waals surface area contributed by atoms with Crippen molar-refractivity contribution >= 4 is 11.9 Å². The van der Waals surface area contributed by atoms with Gasteiger partial charge < -0.3 is 19.7 Å². The van der Waals surface area contributed by atoms with Gasteiger partial charge in [-0.05, 0) is 33.2 Å². The predicted octanol–water partition coefficient (Wildman–Crippen LogP) is 0.414. The Morgan fingerprint density at radius 3 is 2.70 bits per heavy atom. The highest BCUT2D eigenvalue weighted by atomic mass is 16.5. The number of hydrogen-bond donors (Lipinski definition) is 1. The molecule has 0 bridgehead atoms. The van der Waals surface area contributed by atoms with E-state index in [0.29, 0.717) is 26.3 Å². The van der Waals surface area contributed by atoms with Crippen LogP contribution in [0.1, 0.15) is 26.7 Å². The van der Waals surface area contributed by atoms with Crippen LogP contribution in [0.2, 0.25) is 0 Å². The first kappa shape index (κ1) is 16.9. The summed E-state index contributed by atoms with van der Waals surface area (Å²) in [5.74, 6) is -0.376. The van der Waals surface area contributed by atoms with Gasteiger partial charge in [0.05, 0.1) is 18.6 Å². The van der Waals surface area contributed by atoms with Crippen molar-refractivity contribution in [2.45, 2.75) is 26.7 Å². The van der Waals surface area contributed by atoms with E-state index in [2.05, 4.69) is 5.32 Å². The van der Waals surface area contributed by atoms with Crippen LogP contribution in [0.25, 0.3) is 0 Å². The monoisotopic (exact) mass is 286 g/mol. The van der Waals surface area contributed by atoms with Crippen molar-refractivity contribution in [2.24, 2.45) is 5.41 Å². The molecule has 1 aliphatic rings. The Morgan fingerprint density at radius 2 is 2.15 bits per heavy atom. The topological polar surface area (TPSA) is 67.9 Å². The molecule has 1 amide bonds. The minimum absolute atomic E-state index is 0.00481. The summed E-state index contributed by atoms with van der Waals surface area (Å²) in [5, 5.41) is 3.25. The van der Waals surface area contributed by atoms with Crippen molar-refractivity contribution in [2.75, 3.05) is 46.5 Å². The maximum absolute atomic E-state index is 12.7. The largest absolute Gasteiger partial charge is 0.465 e. The van der Waals surface area contributed by atoms with E-state index in [0.717, 1.165) is 19.4 Å². The number of esters is 1. The highest BCUT2D eigenvalue weighted by molar-refractivity contribution is 5.86. The molecule has 0 saturated carbocycles. The molecule has 0 aromatic rings. The predicted molar refractivity (Wildman–Crippen MR) is 75.3 cm³/mol. The number of nitrogens with one attached hydrogen (secondary N) is 1. The second kappa shape index (κ2) is 8.21. The lowest BCUT2D eigenvalue weighted by molar-refractivity contribution is -0.153. The molecule has 1 atom stereocenters. The van der Waals surface area contributed by atoms with Crippen LogP contribution in [-0.2, 0) is 19.1 Å². The Balaban J connectivity index is 2.69. The van der Waals surface area contributed by atoms with Gasteiger partial charge in [0.1, 0.15) is 6.54 Å². The highest BCUT2D eigenvalue weighted by Crippen LogP contribution is 2.27. The van der Waals surface area contributed by atoms with Crippen LogP contribution in [0.15, 0.2) is 0 Å². The zero-order valence-electron chi connectivity index (χ0n) is 12.7. The SMILES string of the molecule is CCOC(=O)CN(CCOC)C(=O)C1(C)CCCNC1. The zero-order chi connectivity index (χ0) is 15.0. The smallest absolute Gasteiger partial charge is 0.325 e. The summed E-state index contributed by atoms with van der Waals surface area (Å²) in [6.07, 6.45) is 1.81. The highest BCUT2D eigenvalue weighted by Gasteiger charge is 2.38. The number of carbonyl (C=O) groups excluding carboxylic acids is 2. The van der Waals surface area contributed by atoms with Crippen molar-refractivity contribution in [3.8, 4) is 0 Å². The molecule has 20 heavy (non-hydrogen) atoms. The number of amides is 1. The first-order valence-electron chi connectivity index (χ1n) is 7.18. The van der Waals surface area contributed by atoms with Gasteiger partial charge in [0.15, 0.2) is 0 Å². The van der Waals surface area contributed by atoms with Gasteiger partial charge in [-0.25, -0.2) is 0 Å². The summed E-state index contributed by atoms with van der Waals surface area (Å²) in [6, 6.07) is 0. The summed E-state index contributed by atoms with van der Waals surface area (Å²) >= 11 is 0. The summed E-state index contributed by atoms with van der Waals surface area (Å²) in [4.78, 5) is 25.9. The van der Waals surface area contributed by atoms with E-state index in [1.165, 1.54) is 0 Å². The Hall–Kier alpha value is -1.14. The van der Waals surface area contributed by atoms with E-state index in [4.69, 9.17) is 9.47 Å². The number of hydrogen-bond acceptors (Lipinski definition) is 5. The molecule has 0 aromatic carbocycles. The van der Waals surface area contributed by atoms with E-state index in [9.17, 15) is 9.59 Å². The van der Waals surface area contributed by atoms with E-state index in [1.807, 2.05) is 6.92 Å². The van der Waals surface area contributed by atoms with Crippen molar-refractivity contribution in [3.05, 3.63) is 0 Å². The summed E-state index contributed by atoms with van der Waals surface area (Å²) in [6.45, 7) is 6.43. The molecular weight excluding hydrogens is 260 g/mol. The van der Waals surface area contributed by atoms with Crippen molar-refractivity contribution in [1.29, 1.82) is 0 Å². The van der Waals surface area contributed by atoms with Crippen LogP contribution in [0.5, 0.6) is 0 Å². The van der Waals surface area contributed by atoms with E-state index in [1.54, 1.807) is 18.9 Å². The van der Waals surface area contributed by atoms with Gasteiger partial charge in [-0.3, -0.25) is 9.59 Å². The zero-order valence-corrected chi connectivity index (χ0v) is 12.7. The fourth-order valence-corrected chi connectivity index (χ4v) is 2.44. The Bertz CT molecular complexity index is 327. The number of methoxy groups -OCH3 is 1. The quantitative estimate of drug-likeness (QED) is 0.687. The number of carbonyl (C=O) groups is 2. The molecule has 1 unspecified atom stereocenters. The molecule has 116 valence electrons. The van der Waals surface area contributed by atoms with Gasteiger partial charge >= 0.3 is 5.97 Å². The molecule has 0 spiro atoms. The lowest BCUT2D eigenvalue weighted by Gasteiger charge is -2.37. The average Bonchev–Trinajstić information content (AvgIpc) is 2.43. The Morgan fingerprint density at radius 1 is 1.40 bits per heavy atom. The lowest BCUT2D eigenvalue weighted by Crippen LogP contribution is -2.52. The van der Waals surface area contributed by atoms with Gasteiger partial charge in [0.25, 0.3) is 0 Å². The molecule has 1 fully saturated rings. The first-order chi connectivity index (χ1) is 9.53. The minimum atomic E-state index is -0.446. The third-order valence-electron chi connectivity index (χ3n) is 3.59. The molecule has 1 aliphatic heterocycles. The third-order valence-corrected chi connectivity index (χ3v) is 3.59. The van der Waals surface area contributed by atoms with Crippen LogP contribution in [0.4, 0.5) is 0 Å². The third kappa shape index (κ3) is 4.76. The van der Waals surface area contributed by atoms with Gasteiger partial charge in [0.2, 0.25) is 5.91 Å². The van der Waals surface area contributed by atoms with Gasteiger partial charge in [-0.2, -0.15) is 0 Å². The normalized spacial score (nSPS) is 22.4. The second-order valence-electron chi connectivity index (χ2n) is 5.37. The minimum Gasteiger partial charge on any atom is -0.465 e. The van der Waals surface area contributed by atoms with Gasteiger partial charge in [-0.1, -0.05) is 0 Å². The van der Waals surface area contributed by atoms with Crippen LogP contribution < -0.4 is 5.32 Å². The maximum Gasteiger partial charge on any atom is 0.325 e. The van der Waals surface area contributed by atoms with Crippen LogP contribution in [0, 0.1) is 5.41 Å². The Labute approximate surface area is 120 Å². The van der Waals surface area contributed by atoms with Crippen molar-refractivity contribution in [1.82, 2.24) is 10.2 Å². The molecule has 1 saturated heterocycles. The van der Waals surface area contributed by atoms with E-state index >= 15 is 0 Å². The molecule has 6 nitrogen and oxygen atoms in total. The fraction of sp³-hybridized carbons (Fsp3) is 0.857. The second-order valence-corrected chi connectivity index (χ2v) is 5.37. The molecule has 6 heteroatoms. The maximum atomic E-state index is 12.7. The summed E-state index contributed by atoms with van der Waals surface area (Å²) < 4.78 is 9.96. The Kier molecular flexibility index (Phi) is 6.95. The van der Waals surface area contributed by atoms with Gasteiger partial charge in [-0.15, -0.1) is 0 Å². The molecule has 0 aliphatic carbocycles. The fourth-order valence-electron chi connectivity index (χ4n) is 2.44. The molecular formula is C14H26N2O4. The van der Waals surface area contributed by atoms with Gasteiger partial charge in [0, 0.05) is 20.2 Å². The molecule has 1 rings (SSSR count). The van der Waals surface area contributed by atoms with Crippen molar-refractivity contribution < 1.29 is 19.1 Å². The standard InChI is InChI=1S/C14H26N2O4/c1-4-20-12(17)10-16(8-9-19-3)13(18)14(2)6-5-7-15-11-14/h15H,4-11H2,1-3H3. The molecule has 0 aromatic heterocycles. The first-order valence-corrected chi connectivity index (χ1v) is 7.18. The summed E-state index contributed by atoms with van der Waals surface area (Å²) in [5.41, 5.74) is -0.446. The number of nitrogens with zero attached hydrogens (tertiary/aromatic N) is 1. The summed E-state index contributed by atoms with van der Waals surface area (Å²) in [7, 11) is 1.58. The van der Waals surface area contributed by atoms with Crippen molar-refractivity contribution in [3.63, 3.8) is 0 Å². The van der Waals surface area contributed by atoms with Crippen LogP contribution >= 0.6 is 0 Å². The molecule has 1 N–H and O–H groups in total. The molecule has 1 heterocycles. The number of piperidine rings is 1. The van der Waals surface area contributed by atoms with E-state index in [-0.39, 0.29) is 18.4 Å². The average molecular weight is 286 g/mol. The molecule has 0 radical (unpaired) electrons. The van der Waals surface area contributed by atoms with Crippen LogP contribution in [0.3, 0.4) is 0 Å². The lowest BCUT2D eigenvalue weighted by atomic mass is 9.81. The van der Waals surface area contributed by atoms with E-state index < -0.39 is 5.41 Å². The number of ether oxygens (including phenoxy) is 2.